The van der Waals surface area contributed by atoms with Crippen LogP contribution in [0.2, 0.25) is 0 Å². The lowest BCUT2D eigenvalue weighted by Gasteiger charge is -2.29. The quantitative estimate of drug-likeness (QED) is 0.377. The zero-order valence-electron chi connectivity index (χ0n) is 19.1. The Morgan fingerprint density at radius 3 is 2.91 bits per heavy atom. The number of para-hydroxylation sites is 2. The molecule has 0 aliphatic carbocycles. The molecule has 1 aromatic heterocycles. The number of hydrogen-bond donors (Lipinski definition) is 3. The first-order valence-corrected chi connectivity index (χ1v) is 11.5. The van der Waals surface area contributed by atoms with E-state index in [1.54, 1.807) is 6.08 Å². The number of aromatic nitrogens is 2. The maximum Gasteiger partial charge on any atom is 0.286 e. The van der Waals surface area contributed by atoms with Gasteiger partial charge in [-0.1, -0.05) is 18.2 Å². The molecule has 10 nitrogen and oxygen atoms in total. The Bertz CT molecular complexity index is 1180. The molecule has 1 amide bonds. The topological polar surface area (TPSA) is 124 Å². The number of nitrogens with zero attached hydrogens (tertiary/aromatic N) is 1. The number of imidazole rings is 1. The zero-order chi connectivity index (χ0) is 24.0. The maximum atomic E-state index is 13.0. The number of hydrogen-bond acceptors (Lipinski definition) is 8. The zero-order valence-corrected chi connectivity index (χ0v) is 19.1. The van der Waals surface area contributed by atoms with E-state index < -0.39 is 6.29 Å². The van der Waals surface area contributed by atoms with Gasteiger partial charge in [0.2, 0.25) is 13.1 Å². The van der Waals surface area contributed by atoms with Crippen LogP contribution in [0, 0.1) is 0 Å². The van der Waals surface area contributed by atoms with Crippen LogP contribution in [-0.4, -0.2) is 60.5 Å². The van der Waals surface area contributed by atoms with Crippen LogP contribution < -0.4 is 14.8 Å². The first-order chi connectivity index (χ1) is 17.2. The third kappa shape index (κ3) is 5.56. The lowest BCUT2D eigenvalue weighted by molar-refractivity contribution is -0.151. The molecule has 10 heteroatoms. The Balaban J connectivity index is 1.28. The number of allylic oxidation sites excluding steroid dienone is 1. The molecule has 35 heavy (non-hydrogen) atoms. The number of amides is 1. The van der Waals surface area contributed by atoms with Gasteiger partial charge in [0.15, 0.2) is 17.3 Å². The van der Waals surface area contributed by atoms with Gasteiger partial charge in [-0.3, -0.25) is 4.79 Å². The normalized spacial score (nSPS) is 18.8. The van der Waals surface area contributed by atoms with E-state index in [0.29, 0.717) is 30.4 Å². The molecule has 0 saturated heterocycles. The molecule has 0 spiro atoms. The maximum absolute atomic E-state index is 13.0. The fraction of sp³-hybridized carbons (Fsp3) is 0.360. The molecule has 2 unspecified atom stereocenters. The van der Waals surface area contributed by atoms with Gasteiger partial charge in [0.05, 0.1) is 44.0 Å². The second kappa shape index (κ2) is 10.8. The Morgan fingerprint density at radius 2 is 2.03 bits per heavy atom. The van der Waals surface area contributed by atoms with Crippen LogP contribution in [0.5, 0.6) is 11.5 Å². The van der Waals surface area contributed by atoms with Gasteiger partial charge in [-0.15, -0.1) is 0 Å². The Morgan fingerprint density at radius 1 is 1.14 bits per heavy atom. The van der Waals surface area contributed by atoms with Crippen molar-refractivity contribution in [3.63, 3.8) is 0 Å². The smallest absolute Gasteiger partial charge is 0.286 e. The molecule has 3 N–H and O–H groups in total. The largest absolute Gasteiger partial charge is 0.459 e. The third-order valence-electron chi connectivity index (χ3n) is 5.73. The van der Waals surface area contributed by atoms with Gasteiger partial charge in [0, 0.05) is 12.3 Å². The van der Waals surface area contributed by atoms with Crippen LogP contribution in [0.15, 0.2) is 54.3 Å². The molecular weight excluding hydrogens is 454 g/mol. The van der Waals surface area contributed by atoms with Crippen LogP contribution >= 0.6 is 0 Å². The minimum atomic E-state index is -0.639. The second-order valence-corrected chi connectivity index (χ2v) is 8.12. The number of nitrogens with one attached hydrogen (secondary N) is 2. The molecule has 0 fully saturated rings. The van der Waals surface area contributed by atoms with Gasteiger partial charge >= 0.3 is 0 Å². The summed E-state index contributed by atoms with van der Waals surface area (Å²) in [5.41, 5.74) is 2.71. The summed E-state index contributed by atoms with van der Waals surface area (Å²) >= 11 is 0. The summed E-state index contributed by atoms with van der Waals surface area (Å²) in [5.74, 6) is 1.71. The van der Waals surface area contributed by atoms with E-state index in [9.17, 15) is 4.79 Å². The predicted octanol–water partition coefficient (Wildman–Crippen LogP) is 2.35. The molecule has 2 aliphatic heterocycles. The monoisotopic (exact) mass is 481 g/mol. The highest BCUT2D eigenvalue weighted by molar-refractivity contribution is 5.91. The molecule has 5 rings (SSSR count). The highest BCUT2D eigenvalue weighted by atomic mass is 16.7. The molecule has 2 aliphatic rings. The summed E-state index contributed by atoms with van der Waals surface area (Å²) < 4.78 is 27.9. The summed E-state index contributed by atoms with van der Waals surface area (Å²) in [7, 11) is 0. The molecule has 0 saturated carbocycles. The lowest BCUT2D eigenvalue weighted by Crippen LogP contribution is -2.33. The van der Waals surface area contributed by atoms with Crippen molar-refractivity contribution in [2.75, 3.05) is 33.2 Å². The fourth-order valence-corrected chi connectivity index (χ4v) is 4.04. The highest BCUT2D eigenvalue weighted by Gasteiger charge is 2.30. The molecule has 2 atom stereocenters. The van der Waals surface area contributed by atoms with Crippen molar-refractivity contribution in [3.05, 3.63) is 65.7 Å². The number of carbonyl (C=O) groups excluding carboxylic acids is 1. The molecule has 3 heterocycles. The minimum absolute atomic E-state index is 0.0512. The van der Waals surface area contributed by atoms with Crippen molar-refractivity contribution in [2.24, 2.45) is 0 Å². The molecule has 0 bridgehead atoms. The Hall–Kier alpha value is -3.60. The first kappa shape index (κ1) is 23.2. The van der Waals surface area contributed by atoms with E-state index in [4.69, 9.17) is 28.8 Å². The van der Waals surface area contributed by atoms with Crippen molar-refractivity contribution < 1.29 is 33.6 Å². The average molecular weight is 482 g/mol. The van der Waals surface area contributed by atoms with Gasteiger partial charge in [-0.05, 0) is 35.9 Å². The van der Waals surface area contributed by atoms with Gasteiger partial charge in [-0.25, -0.2) is 4.98 Å². The number of rotatable bonds is 10. The summed E-state index contributed by atoms with van der Waals surface area (Å²) in [6, 6.07) is 13.4. The number of aliphatic hydroxyl groups is 1. The van der Waals surface area contributed by atoms with E-state index in [1.807, 2.05) is 42.5 Å². The molecule has 3 aromatic rings. The van der Waals surface area contributed by atoms with Gasteiger partial charge < -0.3 is 39.1 Å². The molecule has 184 valence electrons. The fourth-order valence-electron chi connectivity index (χ4n) is 4.04. The third-order valence-corrected chi connectivity index (χ3v) is 5.73. The summed E-state index contributed by atoms with van der Waals surface area (Å²) in [5, 5.41) is 11.7. The SMILES string of the molecule is O=C(NCc1nc2ccccc2[nH]1)C1=CC(c2ccc3c(c2)OCO3)CC(OCCOCCO)O1. The summed E-state index contributed by atoms with van der Waals surface area (Å²) in [6.45, 7) is 1.19. The van der Waals surface area contributed by atoms with Crippen LogP contribution in [0.1, 0.15) is 23.7 Å². The number of carbonyl (C=O) groups is 1. The number of H-pyrrole nitrogens is 1. The minimum Gasteiger partial charge on any atom is -0.459 e. The summed E-state index contributed by atoms with van der Waals surface area (Å²) in [4.78, 5) is 20.7. The van der Waals surface area contributed by atoms with Crippen molar-refractivity contribution in [1.82, 2.24) is 15.3 Å². The molecular formula is C25H27N3O7. The van der Waals surface area contributed by atoms with Gasteiger partial charge in [0.25, 0.3) is 5.91 Å². The number of aliphatic hydroxyl groups excluding tert-OH is 1. The highest BCUT2D eigenvalue weighted by Crippen LogP contribution is 2.38. The Labute approximate surface area is 201 Å². The van der Waals surface area contributed by atoms with Crippen molar-refractivity contribution in [3.8, 4) is 11.5 Å². The average Bonchev–Trinajstić information content (AvgIpc) is 3.53. The standard InChI is InChI=1S/C25H27N3O7/c29-7-8-31-9-10-32-24-13-17(16-5-6-20-21(11-16)34-15-33-20)12-22(35-24)25(30)26-14-23-27-18-3-1-2-4-19(18)28-23/h1-6,11-12,17,24,29H,7-10,13-15H2,(H,26,30)(H,27,28). The van der Waals surface area contributed by atoms with E-state index in [1.165, 1.54) is 0 Å². The van der Waals surface area contributed by atoms with Crippen molar-refractivity contribution in [2.45, 2.75) is 25.2 Å². The van der Waals surface area contributed by atoms with Crippen LogP contribution in [0.4, 0.5) is 0 Å². The van der Waals surface area contributed by atoms with Crippen molar-refractivity contribution >= 4 is 16.9 Å². The number of aromatic amines is 1. The van der Waals surface area contributed by atoms with E-state index >= 15 is 0 Å². The number of benzene rings is 2. The van der Waals surface area contributed by atoms with Crippen LogP contribution in [0.25, 0.3) is 11.0 Å². The summed E-state index contributed by atoms with van der Waals surface area (Å²) in [6.07, 6.45) is 1.67. The first-order valence-electron chi connectivity index (χ1n) is 11.5. The van der Waals surface area contributed by atoms with E-state index in [2.05, 4.69) is 15.3 Å². The second-order valence-electron chi connectivity index (χ2n) is 8.12. The van der Waals surface area contributed by atoms with E-state index in [-0.39, 0.29) is 50.7 Å². The predicted molar refractivity (Wildman–Crippen MR) is 125 cm³/mol. The molecule has 2 aromatic carbocycles. The van der Waals surface area contributed by atoms with Crippen LogP contribution in [0.3, 0.4) is 0 Å². The van der Waals surface area contributed by atoms with Gasteiger partial charge in [0.1, 0.15) is 5.82 Å². The van der Waals surface area contributed by atoms with Gasteiger partial charge in [-0.2, -0.15) is 0 Å². The van der Waals surface area contributed by atoms with Crippen molar-refractivity contribution in [1.29, 1.82) is 0 Å². The molecule has 0 radical (unpaired) electrons. The Kier molecular flexibility index (Phi) is 7.12. The van der Waals surface area contributed by atoms with Crippen LogP contribution in [-0.2, 0) is 25.5 Å². The lowest BCUT2D eigenvalue weighted by atomic mass is 9.92. The number of fused-ring (bicyclic) bond motifs is 2. The van der Waals surface area contributed by atoms with E-state index in [0.717, 1.165) is 16.6 Å². The number of ether oxygens (including phenoxy) is 5.